The largest absolute Gasteiger partial charge is 0.493 e. The van der Waals surface area contributed by atoms with Crippen LogP contribution in [0.3, 0.4) is 0 Å². The molecule has 0 aliphatic rings. The summed E-state index contributed by atoms with van der Waals surface area (Å²) in [5.41, 5.74) is 1.22. The topological polar surface area (TPSA) is 19.1 Å². The maximum Gasteiger partial charge on any atom is 0.184 e. The summed E-state index contributed by atoms with van der Waals surface area (Å²) in [7, 11) is 1.95. The zero-order valence-corrected chi connectivity index (χ0v) is 14.3. The van der Waals surface area contributed by atoms with Crippen LogP contribution in [-0.2, 0) is 7.05 Å². The Kier molecular flexibility index (Phi) is 4.57. The van der Waals surface area contributed by atoms with Gasteiger partial charge in [0.25, 0.3) is 0 Å². The van der Waals surface area contributed by atoms with E-state index in [1.165, 1.54) is 0 Å². The molecule has 21 heavy (non-hydrogen) atoms. The van der Waals surface area contributed by atoms with E-state index in [0.29, 0.717) is 5.92 Å². The second kappa shape index (κ2) is 6.06. The van der Waals surface area contributed by atoms with Crippen molar-refractivity contribution < 1.29 is 4.74 Å². The molecule has 1 aromatic carbocycles. The molecule has 0 N–H and O–H groups in total. The first kappa shape index (κ1) is 15.8. The number of rotatable bonds is 5. The van der Waals surface area contributed by atoms with E-state index in [4.69, 9.17) is 17.0 Å². The molecule has 2 rings (SSSR count). The zero-order chi connectivity index (χ0) is 15.6. The summed E-state index contributed by atoms with van der Waals surface area (Å²) in [6.07, 6.45) is 3.93. The van der Waals surface area contributed by atoms with Gasteiger partial charge in [-0.05, 0) is 42.4 Å². The fourth-order valence-corrected chi connectivity index (χ4v) is 2.03. The summed E-state index contributed by atoms with van der Waals surface area (Å²) >= 11 is 5.36. The van der Waals surface area contributed by atoms with Crippen LogP contribution in [0.15, 0.2) is 36.7 Å². The molecule has 0 saturated heterocycles. The monoisotopic (exact) mass is 304 g/mol. The molecule has 0 unspecified atom stereocenters. The Labute approximate surface area is 132 Å². The minimum absolute atomic E-state index is 0.167. The van der Waals surface area contributed by atoms with Crippen LogP contribution in [0.4, 0.5) is 0 Å². The molecular formula is C17H24N2OS. The van der Waals surface area contributed by atoms with E-state index in [2.05, 4.69) is 27.7 Å². The highest BCUT2D eigenvalue weighted by atomic mass is 32.1. The number of nitrogens with zero attached hydrogens (tertiary/aromatic N) is 2. The van der Waals surface area contributed by atoms with E-state index in [1.807, 2.05) is 52.8 Å². The summed E-state index contributed by atoms with van der Waals surface area (Å²) in [5.74, 6) is 1.48. The van der Waals surface area contributed by atoms with E-state index in [-0.39, 0.29) is 5.41 Å². The highest BCUT2D eigenvalue weighted by Crippen LogP contribution is 2.27. The lowest BCUT2D eigenvalue weighted by atomic mass is 9.82. The second-order valence-corrected chi connectivity index (χ2v) is 6.85. The smallest absolute Gasteiger partial charge is 0.184 e. The van der Waals surface area contributed by atoms with Crippen molar-refractivity contribution in [3.05, 3.63) is 41.4 Å². The molecule has 114 valence electrons. The third-order valence-corrected chi connectivity index (χ3v) is 4.72. The van der Waals surface area contributed by atoms with E-state index < -0.39 is 0 Å². The van der Waals surface area contributed by atoms with E-state index in [1.54, 1.807) is 0 Å². The molecule has 0 aliphatic carbocycles. The number of benzene rings is 1. The first-order chi connectivity index (χ1) is 9.81. The lowest BCUT2D eigenvalue weighted by Gasteiger charge is -2.29. The standard InChI is InChI=1S/C17H24N2OS/c1-13(2)17(3,4)12-20-15-8-6-14(7-9-15)19-11-10-18(5)16(19)21/h6-11,13H,12H2,1-5H3. The second-order valence-electron chi connectivity index (χ2n) is 6.49. The van der Waals surface area contributed by atoms with Crippen molar-refractivity contribution >= 4 is 12.2 Å². The van der Waals surface area contributed by atoms with Gasteiger partial charge in [-0.3, -0.25) is 4.57 Å². The van der Waals surface area contributed by atoms with E-state index >= 15 is 0 Å². The molecule has 0 atom stereocenters. The summed E-state index contributed by atoms with van der Waals surface area (Å²) in [6.45, 7) is 9.63. The average Bonchev–Trinajstić information content (AvgIpc) is 2.77. The van der Waals surface area contributed by atoms with Crippen molar-refractivity contribution in [1.82, 2.24) is 9.13 Å². The van der Waals surface area contributed by atoms with Gasteiger partial charge in [-0.25, -0.2) is 0 Å². The minimum Gasteiger partial charge on any atom is -0.493 e. The van der Waals surface area contributed by atoms with Crippen molar-refractivity contribution in [2.75, 3.05) is 6.61 Å². The predicted molar refractivity (Wildman–Crippen MR) is 89.7 cm³/mol. The van der Waals surface area contributed by atoms with Gasteiger partial charge in [0.2, 0.25) is 0 Å². The molecule has 0 bridgehead atoms. The van der Waals surface area contributed by atoms with Crippen molar-refractivity contribution in [2.45, 2.75) is 27.7 Å². The molecule has 0 fully saturated rings. The Morgan fingerprint density at radius 2 is 1.76 bits per heavy atom. The van der Waals surface area contributed by atoms with Crippen LogP contribution in [0.2, 0.25) is 0 Å². The van der Waals surface area contributed by atoms with Crippen LogP contribution < -0.4 is 4.74 Å². The van der Waals surface area contributed by atoms with Crippen molar-refractivity contribution in [1.29, 1.82) is 0 Å². The SMILES string of the molecule is CC(C)C(C)(C)COc1ccc(-n2ccn(C)c2=S)cc1. The normalized spacial score (nSPS) is 11.9. The van der Waals surface area contributed by atoms with E-state index in [0.717, 1.165) is 22.8 Å². The molecule has 0 radical (unpaired) electrons. The van der Waals surface area contributed by atoms with Crippen LogP contribution in [0.25, 0.3) is 5.69 Å². The van der Waals surface area contributed by atoms with Gasteiger partial charge in [-0.2, -0.15) is 0 Å². The number of ether oxygens (including phenoxy) is 1. The molecule has 3 nitrogen and oxygen atoms in total. The van der Waals surface area contributed by atoms with E-state index in [9.17, 15) is 0 Å². The number of aromatic nitrogens is 2. The summed E-state index contributed by atoms with van der Waals surface area (Å²) in [5, 5.41) is 0. The zero-order valence-electron chi connectivity index (χ0n) is 13.5. The third-order valence-electron chi connectivity index (χ3n) is 4.24. The Bertz CT molecular complexity index is 650. The number of aryl methyl sites for hydroxylation is 1. The first-order valence-electron chi connectivity index (χ1n) is 7.28. The van der Waals surface area contributed by atoms with Crippen LogP contribution in [0.5, 0.6) is 5.75 Å². The Morgan fingerprint density at radius 3 is 2.24 bits per heavy atom. The lowest BCUT2D eigenvalue weighted by Crippen LogP contribution is -2.27. The average molecular weight is 304 g/mol. The Morgan fingerprint density at radius 1 is 1.14 bits per heavy atom. The Hall–Kier alpha value is -1.55. The summed E-state index contributed by atoms with van der Waals surface area (Å²) < 4.78 is 10.6. The lowest BCUT2D eigenvalue weighted by molar-refractivity contribution is 0.130. The fraction of sp³-hybridized carbons (Fsp3) is 0.471. The molecule has 0 spiro atoms. The van der Waals surface area contributed by atoms with Crippen LogP contribution in [0.1, 0.15) is 27.7 Å². The minimum atomic E-state index is 0.167. The molecule has 2 aromatic rings. The first-order valence-corrected chi connectivity index (χ1v) is 7.69. The molecule has 0 aliphatic heterocycles. The summed E-state index contributed by atoms with van der Waals surface area (Å²) in [4.78, 5) is 0. The van der Waals surface area contributed by atoms with Gasteiger partial charge in [0.05, 0.1) is 6.61 Å². The summed E-state index contributed by atoms with van der Waals surface area (Å²) in [6, 6.07) is 8.07. The van der Waals surface area contributed by atoms with Crippen molar-refractivity contribution in [2.24, 2.45) is 18.4 Å². The molecule has 1 heterocycles. The maximum absolute atomic E-state index is 5.92. The predicted octanol–water partition coefficient (Wildman–Crippen LogP) is 4.61. The van der Waals surface area contributed by atoms with Crippen LogP contribution in [0, 0.1) is 16.1 Å². The van der Waals surface area contributed by atoms with Crippen LogP contribution >= 0.6 is 12.2 Å². The molecule has 0 amide bonds. The highest BCUT2D eigenvalue weighted by molar-refractivity contribution is 7.71. The van der Waals surface area contributed by atoms with Gasteiger partial charge in [0.15, 0.2) is 4.77 Å². The van der Waals surface area contributed by atoms with Crippen LogP contribution in [-0.4, -0.2) is 15.7 Å². The van der Waals surface area contributed by atoms with Gasteiger partial charge >= 0.3 is 0 Å². The number of hydrogen-bond donors (Lipinski definition) is 0. The van der Waals surface area contributed by atoms with Crippen molar-refractivity contribution in [3.8, 4) is 11.4 Å². The van der Waals surface area contributed by atoms with Gasteiger partial charge < -0.3 is 9.30 Å². The molecule has 0 saturated carbocycles. The molecule has 1 aromatic heterocycles. The molecule has 4 heteroatoms. The van der Waals surface area contributed by atoms with Crippen molar-refractivity contribution in [3.63, 3.8) is 0 Å². The van der Waals surface area contributed by atoms with Gasteiger partial charge in [-0.1, -0.05) is 27.7 Å². The quantitative estimate of drug-likeness (QED) is 0.752. The Balaban J connectivity index is 2.10. The highest BCUT2D eigenvalue weighted by Gasteiger charge is 2.23. The van der Waals surface area contributed by atoms with Gasteiger partial charge in [-0.15, -0.1) is 0 Å². The fourth-order valence-electron chi connectivity index (χ4n) is 1.80. The number of hydrogen-bond acceptors (Lipinski definition) is 2. The van der Waals surface area contributed by atoms with Gasteiger partial charge in [0, 0.05) is 30.5 Å². The maximum atomic E-state index is 5.92. The molecular weight excluding hydrogens is 280 g/mol. The third kappa shape index (κ3) is 3.56. The number of imidazole rings is 1. The van der Waals surface area contributed by atoms with Gasteiger partial charge in [0.1, 0.15) is 5.75 Å².